The molecule has 0 aromatic heterocycles. The van der Waals surface area contributed by atoms with E-state index in [-0.39, 0.29) is 28.1 Å². The largest absolute Gasteiger partial charge is 0.505 e. The summed E-state index contributed by atoms with van der Waals surface area (Å²) in [7, 11) is 0. The maximum absolute atomic E-state index is 13.4. The first-order chi connectivity index (χ1) is 11.3. The minimum atomic E-state index is -4.54. The summed E-state index contributed by atoms with van der Waals surface area (Å²) in [5, 5.41) is 13.0. The van der Waals surface area contributed by atoms with Crippen LogP contribution in [-0.4, -0.2) is 11.4 Å². The molecule has 2 N–H and O–H groups in total. The summed E-state index contributed by atoms with van der Waals surface area (Å²) in [6.45, 7) is 0. The fraction of sp³-hybridized carbons (Fsp3) is 0.118. The van der Waals surface area contributed by atoms with Crippen molar-refractivity contribution in [1.29, 1.82) is 0 Å². The van der Waals surface area contributed by atoms with Crippen molar-refractivity contribution in [2.24, 2.45) is 0 Å². The van der Waals surface area contributed by atoms with Crippen molar-refractivity contribution < 1.29 is 27.5 Å². The predicted molar refractivity (Wildman–Crippen MR) is 79.2 cm³/mol. The second-order valence-electron chi connectivity index (χ2n) is 5.29. The Morgan fingerprint density at radius 3 is 2.54 bits per heavy atom. The molecule has 0 bridgehead atoms. The molecule has 1 atom stereocenters. The third kappa shape index (κ3) is 2.73. The minimum absolute atomic E-state index is 0.0164. The Labute approximate surface area is 134 Å². The number of hydrogen-bond donors (Lipinski definition) is 2. The van der Waals surface area contributed by atoms with Crippen molar-refractivity contribution in [2.75, 3.05) is 0 Å². The minimum Gasteiger partial charge on any atom is -0.505 e. The third-order valence-corrected chi connectivity index (χ3v) is 3.76. The van der Waals surface area contributed by atoms with Crippen LogP contribution in [0.1, 0.15) is 28.3 Å². The lowest BCUT2D eigenvalue weighted by Crippen LogP contribution is -2.27. The molecular weight excluding hydrogens is 326 g/mol. The zero-order valence-corrected chi connectivity index (χ0v) is 12.1. The number of rotatable bonds is 2. The Morgan fingerprint density at radius 1 is 1.12 bits per heavy atom. The Kier molecular flexibility index (Phi) is 3.79. The molecule has 7 heteroatoms. The van der Waals surface area contributed by atoms with Crippen molar-refractivity contribution in [3.05, 3.63) is 70.5 Å². The van der Waals surface area contributed by atoms with Gasteiger partial charge in [0.25, 0.3) is 0 Å². The standard InChI is InChI=1S/C17H11F4NO2/c18-11-4-5-12-13(7-11)14(8-23)22-15(16(12)24)9-2-1-3-10(6-9)17(19,20)21/h1-8,14,22,24H. The van der Waals surface area contributed by atoms with Crippen LogP contribution in [0.25, 0.3) is 11.5 Å². The van der Waals surface area contributed by atoms with Gasteiger partial charge in [-0.05, 0) is 35.9 Å². The number of aliphatic hydroxyl groups is 1. The van der Waals surface area contributed by atoms with E-state index in [1.54, 1.807) is 0 Å². The lowest BCUT2D eigenvalue weighted by atomic mass is 9.92. The van der Waals surface area contributed by atoms with Gasteiger partial charge in [-0.2, -0.15) is 13.2 Å². The number of aliphatic hydroxyl groups excluding tert-OH is 1. The molecule has 24 heavy (non-hydrogen) atoms. The van der Waals surface area contributed by atoms with Crippen LogP contribution in [0.15, 0.2) is 42.5 Å². The fourth-order valence-corrected chi connectivity index (χ4v) is 2.62. The van der Waals surface area contributed by atoms with Crippen molar-refractivity contribution >= 4 is 17.7 Å². The molecule has 3 rings (SSSR count). The number of fused-ring (bicyclic) bond motifs is 1. The molecule has 0 spiro atoms. The molecule has 2 aromatic carbocycles. The van der Waals surface area contributed by atoms with Gasteiger partial charge in [0.1, 0.15) is 23.9 Å². The molecule has 0 saturated heterocycles. The average molecular weight is 337 g/mol. The van der Waals surface area contributed by atoms with Crippen LogP contribution in [-0.2, 0) is 11.0 Å². The van der Waals surface area contributed by atoms with Crippen molar-refractivity contribution in [1.82, 2.24) is 5.32 Å². The van der Waals surface area contributed by atoms with Gasteiger partial charge in [0.2, 0.25) is 0 Å². The number of alkyl halides is 3. The van der Waals surface area contributed by atoms with Gasteiger partial charge in [-0.1, -0.05) is 12.1 Å². The van der Waals surface area contributed by atoms with Crippen LogP contribution in [0.4, 0.5) is 17.6 Å². The molecule has 0 aliphatic carbocycles. The second kappa shape index (κ2) is 5.67. The van der Waals surface area contributed by atoms with Crippen LogP contribution in [0, 0.1) is 5.82 Å². The maximum atomic E-state index is 13.4. The van der Waals surface area contributed by atoms with E-state index in [0.29, 0.717) is 6.29 Å². The van der Waals surface area contributed by atoms with Crippen LogP contribution in [0.5, 0.6) is 0 Å². The lowest BCUT2D eigenvalue weighted by molar-refractivity contribution is -0.137. The van der Waals surface area contributed by atoms with Gasteiger partial charge in [-0.25, -0.2) is 4.39 Å². The normalized spacial score (nSPS) is 17.2. The molecule has 1 aliphatic heterocycles. The molecule has 0 radical (unpaired) electrons. The van der Waals surface area contributed by atoms with Gasteiger partial charge in [0.05, 0.1) is 11.3 Å². The summed E-state index contributed by atoms with van der Waals surface area (Å²) in [5.41, 5.74) is -0.408. The van der Waals surface area contributed by atoms with E-state index in [1.807, 2.05) is 0 Å². The molecule has 1 aliphatic rings. The molecule has 1 unspecified atom stereocenters. The van der Waals surface area contributed by atoms with Crippen molar-refractivity contribution in [2.45, 2.75) is 12.2 Å². The number of hydrogen-bond acceptors (Lipinski definition) is 3. The monoisotopic (exact) mass is 337 g/mol. The highest BCUT2D eigenvalue weighted by molar-refractivity contribution is 5.91. The molecule has 2 aromatic rings. The Morgan fingerprint density at radius 2 is 1.88 bits per heavy atom. The van der Waals surface area contributed by atoms with E-state index in [0.717, 1.165) is 24.3 Å². The summed E-state index contributed by atoms with van der Waals surface area (Å²) >= 11 is 0. The maximum Gasteiger partial charge on any atom is 0.416 e. The van der Waals surface area contributed by atoms with Crippen LogP contribution in [0.2, 0.25) is 0 Å². The van der Waals surface area contributed by atoms with E-state index in [4.69, 9.17) is 0 Å². The average Bonchev–Trinajstić information content (AvgIpc) is 2.54. The first-order valence-corrected chi connectivity index (χ1v) is 6.94. The lowest BCUT2D eigenvalue weighted by Gasteiger charge is -2.27. The number of nitrogens with one attached hydrogen (secondary N) is 1. The topological polar surface area (TPSA) is 49.3 Å². The van der Waals surface area contributed by atoms with Gasteiger partial charge >= 0.3 is 6.18 Å². The van der Waals surface area contributed by atoms with E-state index < -0.39 is 23.6 Å². The quantitative estimate of drug-likeness (QED) is 0.641. The van der Waals surface area contributed by atoms with Crippen LogP contribution >= 0.6 is 0 Å². The Balaban J connectivity index is 2.16. The number of halogens is 4. The van der Waals surface area contributed by atoms with E-state index >= 15 is 0 Å². The third-order valence-electron chi connectivity index (χ3n) is 3.76. The smallest absolute Gasteiger partial charge is 0.416 e. The van der Waals surface area contributed by atoms with Crippen molar-refractivity contribution in [3.8, 4) is 0 Å². The molecule has 1 heterocycles. The SMILES string of the molecule is O=CC1NC(c2cccc(C(F)(F)F)c2)=C(O)c2ccc(F)cc21. The van der Waals surface area contributed by atoms with Gasteiger partial charge in [-0.15, -0.1) is 0 Å². The molecular formula is C17H11F4NO2. The van der Waals surface area contributed by atoms with Crippen LogP contribution < -0.4 is 5.32 Å². The molecule has 124 valence electrons. The van der Waals surface area contributed by atoms with Gasteiger partial charge in [0, 0.05) is 11.1 Å². The first kappa shape index (κ1) is 16.0. The highest BCUT2D eigenvalue weighted by Gasteiger charge is 2.32. The van der Waals surface area contributed by atoms with Crippen molar-refractivity contribution in [3.63, 3.8) is 0 Å². The fourth-order valence-electron chi connectivity index (χ4n) is 2.62. The highest BCUT2D eigenvalue weighted by atomic mass is 19.4. The summed E-state index contributed by atoms with van der Waals surface area (Å²) < 4.78 is 52.0. The van der Waals surface area contributed by atoms with E-state index in [2.05, 4.69) is 5.32 Å². The molecule has 3 nitrogen and oxygen atoms in total. The van der Waals surface area contributed by atoms with E-state index in [1.165, 1.54) is 18.2 Å². The van der Waals surface area contributed by atoms with E-state index in [9.17, 15) is 27.5 Å². The molecule has 0 saturated carbocycles. The van der Waals surface area contributed by atoms with Gasteiger partial charge in [-0.3, -0.25) is 0 Å². The number of aldehydes is 1. The zero-order valence-electron chi connectivity index (χ0n) is 12.1. The number of carbonyl (C=O) groups excluding carboxylic acids is 1. The zero-order chi connectivity index (χ0) is 17.5. The van der Waals surface area contributed by atoms with Gasteiger partial charge < -0.3 is 15.2 Å². The summed E-state index contributed by atoms with van der Waals surface area (Å²) in [6.07, 6.45) is -4.04. The molecule has 0 amide bonds. The Hall–Kier alpha value is -2.83. The molecule has 0 fully saturated rings. The van der Waals surface area contributed by atoms with Crippen LogP contribution in [0.3, 0.4) is 0 Å². The summed E-state index contributed by atoms with van der Waals surface area (Å²) in [6, 6.07) is 6.87. The summed E-state index contributed by atoms with van der Waals surface area (Å²) in [5.74, 6) is -0.930. The van der Waals surface area contributed by atoms with Gasteiger partial charge in [0.15, 0.2) is 0 Å². The highest BCUT2D eigenvalue weighted by Crippen LogP contribution is 2.36. The first-order valence-electron chi connectivity index (χ1n) is 6.94. The Bertz CT molecular complexity index is 843. The summed E-state index contributed by atoms with van der Waals surface area (Å²) in [4.78, 5) is 11.3. The second-order valence-corrected chi connectivity index (χ2v) is 5.29. The number of carbonyl (C=O) groups is 1. The predicted octanol–water partition coefficient (Wildman–Crippen LogP) is 4.07. The number of benzene rings is 2.